The van der Waals surface area contributed by atoms with Crippen LogP contribution in [0.3, 0.4) is 0 Å². The molecule has 4 aromatic heterocycles. The lowest BCUT2D eigenvalue weighted by Crippen LogP contribution is -3.11. The average Bonchev–Trinajstić information content (AvgIpc) is 1.56. The van der Waals surface area contributed by atoms with Crippen molar-refractivity contribution in [2.45, 2.75) is 353 Å². The fraction of sp³-hybridized carbons (Fsp3) is 0.635. The largest absolute Gasteiger partial charge is 0.746 e. The molecule has 8 aromatic rings. The van der Waals surface area contributed by atoms with Gasteiger partial charge in [-0.15, -0.1) is 0 Å². The molecule has 0 spiro atoms. The first-order valence-electron chi connectivity index (χ1n) is 50.5. The second kappa shape index (κ2) is 61.0. The molecule has 8 heterocycles. The number of aromatic nitrogens is 6. The van der Waals surface area contributed by atoms with E-state index in [4.69, 9.17) is 105 Å². The number of phosphoric acid groups is 2. The Morgan fingerprint density at radius 1 is 0.457 bits per heavy atom. The Morgan fingerprint density at radius 3 is 1.18 bits per heavy atom. The molecule has 12 rings (SSSR count). The minimum Gasteiger partial charge on any atom is -0.746 e. The summed E-state index contributed by atoms with van der Waals surface area (Å²) in [6.45, 7) is 23.2. The summed E-state index contributed by atoms with van der Waals surface area (Å²) in [5.41, 5.74) is 12.6. The van der Waals surface area contributed by atoms with Gasteiger partial charge >= 0.3 is 15.6 Å². The summed E-state index contributed by atoms with van der Waals surface area (Å²) in [7, 11) is -9.13. The maximum atomic E-state index is 14.8. The van der Waals surface area contributed by atoms with Gasteiger partial charge < -0.3 is 87.3 Å². The number of nitrogens with one attached hydrogen (secondary N) is 1. The number of unbranched alkanes of at least 4 members (excludes halogenated alkanes) is 30. The van der Waals surface area contributed by atoms with E-state index in [0.717, 1.165) is 36.8 Å². The number of aliphatic hydroxyl groups is 1. The van der Waals surface area contributed by atoms with Crippen molar-refractivity contribution in [2.75, 3.05) is 84.0 Å². The minimum atomic E-state index is -4.64. The normalized spacial score (nSPS) is 20.8. The molecular formula is C104H155Cl2N11O19P2. The summed E-state index contributed by atoms with van der Waals surface area (Å²) < 4.78 is 120. The predicted octanol–water partition coefficient (Wildman–Crippen LogP) is 21.6. The van der Waals surface area contributed by atoms with Crippen LogP contribution in [0.15, 0.2) is 146 Å². The van der Waals surface area contributed by atoms with Crippen LogP contribution < -0.4 is 30.3 Å². The molecule has 2 unspecified atom stereocenters. The number of benzene rings is 4. The maximum absolute atomic E-state index is 14.8. The van der Waals surface area contributed by atoms with Crippen LogP contribution in [0.4, 0.5) is 11.6 Å². The molecule has 138 heavy (non-hydrogen) atoms. The lowest BCUT2D eigenvalue weighted by atomic mass is 9.92. The Labute approximate surface area is 829 Å². The van der Waals surface area contributed by atoms with Crippen LogP contribution in [-0.2, 0) is 94.5 Å². The quantitative estimate of drug-likeness (QED) is 0.0203. The number of para-hydroxylation sites is 2. The highest BCUT2D eigenvalue weighted by atomic mass is 35.5. The van der Waals surface area contributed by atoms with Crippen molar-refractivity contribution in [3.63, 3.8) is 0 Å². The van der Waals surface area contributed by atoms with E-state index < -0.39 is 87.3 Å². The van der Waals surface area contributed by atoms with Crippen LogP contribution in [0.5, 0.6) is 11.5 Å². The first-order chi connectivity index (χ1) is 66.8. The van der Waals surface area contributed by atoms with E-state index in [1.54, 1.807) is 99.3 Å². The van der Waals surface area contributed by atoms with E-state index >= 15 is 0 Å². The molecule has 6 N–H and O–H groups in total. The van der Waals surface area contributed by atoms with Gasteiger partial charge in [0.25, 0.3) is 0 Å². The highest BCUT2D eigenvalue weighted by molar-refractivity contribution is 7.49. The van der Waals surface area contributed by atoms with E-state index in [1.165, 1.54) is 227 Å². The first kappa shape index (κ1) is 114. The molecule has 4 fully saturated rings. The van der Waals surface area contributed by atoms with E-state index in [2.05, 4.69) is 66.9 Å². The van der Waals surface area contributed by atoms with Crippen molar-refractivity contribution in [1.29, 1.82) is 10.5 Å². The number of nitrogens with zero attached hydrogens (tertiary/aromatic N) is 8. The van der Waals surface area contributed by atoms with Gasteiger partial charge in [-0.2, -0.15) is 20.7 Å². The topological polar surface area (TPSA) is 380 Å². The monoisotopic (exact) mass is 1990 g/mol. The Kier molecular flexibility index (Phi) is 50.5. The zero-order chi connectivity index (χ0) is 98.9. The molecule has 4 aliphatic rings. The molecule has 4 aliphatic heterocycles. The number of quaternary nitrogens is 1. The third kappa shape index (κ3) is 36.8. The molecule has 0 amide bonds. The molecule has 30 nitrogen and oxygen atoms in total. The molecular weight excluding hydrogens is 1840 g/mol. The molecule has 0 bridgehead atoms. The highest BCUT2D eigenvalue weighted by Crippen LogP contribution is 2.55. The molecule has 34 heteroatoms. The maximum Gasteiger partial charge on any atom is 0.530 e. The number of aliphatic hydroxyl groups excluding tert-OH is 1. The van der Waals surface area contributed by atoms with Crippen LogP contribution in [0, 0.1) is 22.7 Å². The third-order valence-electron chi connectivity index (χ3n) is 25.1. The van der Waals surface area contributed by atoms with Gasteiger partial charge in [0.05, 0.1) is 93.9 Å². The number of hydrogen-bond donors (Lipinski definition) is 4. The Morgan fingerprint density at radius 2 is 0.812 bits per heavy atom. The Hall–Kier alpha value is -7.30. The molecule has 4 aromatic carbocycles. The number of hydrogen-bond acceptors (Lipinski definition) is 27. The number of halogens is 2. The van der Waals surface area contributed by atoms with Gasteiger partial charge in [-0.25, -0.2) is 23.6 Å². The summed E-state index contributed by atoms with van der Waals surface area (Å²) >= 11 is 12.5. The number of anilines is 2. The van der Waals surface area contributed by atoms with E-state index in [9.17, 15) is 29.7 Å². The van der Waals surface area contributed by atoms with Crippen molar-refractivity contribution >= 4 is 61.5 Å². The minimum absolute atomic E-state index is 0.0269. The van der Waals surface area contributed by atoms with Gasteiger partial charge in [-0.1, -0.05) is 315 Å². The Balaban J connectivity index is 0.000000247. The zero-order valence-corrected chi connectivity index (χ0v) is 86.3. The van der Waals surface area contributed by atoms with Gasteiger partial charge in [-0.3, -0.25) is 13.6 Å². The fourth-order valence-corrected chi connectivity index (χ4v) is 19.9. The molecule has 764 valence electrons. The van der Waals surface area contributed by atoms with Crippen LogP contribution in [0.25, 0.3) is 11.0 Å². The fourth-order valence-electron chi connectivity index (χ4n) is 17.4. The first-order valence-corrected chi connectivity index (χ1v) is 54.2. The third-order valence-corrected chi connectivity index (χ3v) is 27.9. The number of rotatable bonds is 63. The van der Waals surface area contributed by atoms with Gasteiger partial charge in [0.15, 0.2) is 23.2 Å². The van der Waals surface area contributed by atoms with Crippen LogP contribution >= 0.6 is 38.8 Å². The van der Waals surface area contributed by atoms with Crippen LogP contribution in [0.2, 0.25) is 10.0 Å². The van der Waals surface area contributed by atoms with Gasteiger partial charge in [0, 0.05) is 13.2 Å². The number of nitrogens with two attached hydrogens (primary N) is 2. The summed E-state index contributed by atoms with van der Waals surface area (Å²) in [6.07, 6.45) is 38.7. The lowest BCUT2D eigenvalue weighted by molar-refractivity contribution is -0.894. The van der Waals surface area contributed by atoms with E-state index in [-0.39, 0.29) is 73.6 Å². The number of ether oxygens (including phenoxy) is 10. The zero-order valence-electron chi connectivity index (χ0n) is 83.0. The van der Waals surface area contributed by atoms with E-state index in [1.807, 2.05) is 60.7 Å². The summed E-state index contributed by atoms with van der Waals surface area (Å²) in [5, 5.41) is 39.3. The SMILES string of the molecule is CC1(C)O[C@H]2[C@@H](O1)[C@](C#N)(c1ccc3c(N)ncnn13)O[C@@H]2CO.CCCCCCCCCCCCCCCCCCOC[C@H](COP(=O)(OC[C@H]1O[C@@](C#N)(c2ccc3c(N)ncnn23)[C@@H]2OC(C)(C)O[C@@H]21)Oc1ccccc1Cl)OCc1ccccc1.CCCCCCCCCCCCCCCCCCOC[C@H](COP(=O)([O-])Oc1ccccc1Cl)OCc1ccccc1.CC[NH+](CC)CC. The molecule has 0 saturated carbocycles. The van der Waals surface area contributed by atoms with E-state index in [0.29, 0.717) is 48.1 Å². The molecule has 12 atom stereocenters. The number of fused-ring (bicyclic) bond motifs is 4. The van der Waals surface area contributed by atoms with Gasteiger partial charge in [-0.05, 0) is 121 Å². The van der Waals surface area contributed by atoms with Crippen LogP contribution in [-0.4, -0.2) is 167 Å². The van der Waals surface area contributed by atoms with Crippen molar-refractivity contribution < 1.29 is 94.0 Å². The molecule has 4 saturated heterocycles. The molecule has 0 radical (unpaired) electrons. The smallest absolute Gasteiger partial charge is 0.530 e. The van der Waals surface area contributed by atoms with Crippen molar-refractivity contribution in [1.82, 2.24) is 29.2 Å². The average molecular weight is 2000 g/mol. The lowest BCUT2D eigenvalue weighted by Gasteiger charge is -2.29. The summed E-state index contributed by atoms with van der Waals surface area (Å²) in [6, 6.07) is 43.7. The van der Waals surface area contributed by atoms with Gasteiger partial charge in [0.1, 0.15) is 96.2 Å². The highest BCUT2D eigenvalue weighted by Gasteiger charge is 2.67. The van der Waals surface area contributed by atoms with Crippen molar-refractivity contribution in [3.05, 3.63) is 179 Å². The van der Waals surface area contributed by atoms with Crippen LogP contribution in [0.1, 0.15) is 290 Å². The summed E-state index contributed by atoms with van der Waals surface area (Å²) in [5.74, 6) is -1.33. The number of phosphoric ester groups is 2. The van der Waals surface area contributed by atoms with Crippen molar-refractivity contribution in [3.8, 4) is 23.6 Å². The number of nitriles is 2. The second-order valence-electron chi connectivity index (χ2n) is 36.8. The standard InChI is InChI=1S/C49H69ClN5O9P.C34H54ClO6P.C15H17N5O4.C6H15N/c1-4-5-6-7-8-9-10-11-12-13-14-15-16-17-18-24-31-57-33-39(58-32-38-25-20-19-21-26-38)34-59-65(56,64-42-28-23-22-27-40(42)50)60-35-43-45-46(63-48(2,3)62-45)49(36-51,61-43)44-30-29-41-47(52)53-37-54-55(41)44;1-2-3-4-5-6-7-8-9-10-11-12-13-14-15-16-22-27-38-29-32(39-28-31-23-18-17-19-24-31)30-40-42(36,37)41-34-26-21-20-25-33(34)35;1-14(2)23-11-9(5-21)22-15(6-16,12(11)24-14)10-4-3-8-13(17)18-7-19-20(8)10;1-4-7(5-2)6-3/h19-23,25-30,37,39,43,45-46H,4-18,24,31-35H2,1-3H3,(H2,52,53,54);17-21,23-26,32H,2-16,22,27-30H2,1H3,(H,36,37);3-4,7,9,11-12,21H,5H2,1-2H3,(H2,17,18,19);4-6H2,1-3H3/t39-,43-,45-,46-,49+,65?;32-;9-,11-,12-,15+;/m111./s1. The Bertz CT molecular complexity index is 4930. The van der Waals surface area contributed by atoms with Gasteiger partial charge in [0.2, 0.25) is 11.2 Å². The second-order valence-corrected chi connectivity index (χ2v) is 40.5. The van der Waals surface area contributed by atoms with Crippen molar-refractivity contribution in [2.24, 2.45) is 0 Å². The molecule has 0 aliphatic carbocycles. The summed E-state index contributed by atoms with van der Waals surface area (Å²) in [4.78, 5) is 22.1. The predicted molar refractivity (Wildman–Crippen MR) is 534 cm³/mol. The number of nitrogen functional groups attached to an aromatic ring is 2.